The Kier molecular flexibility index (Phi) is 6.23. The maximum absolute atomic E-state index is 13.0. The van der Waals surface area contributed by atoms with E-state index in [0.717, 1.165) is 35.1 Å². The fraction of sp³-hybridized carbons (Fsp3) is 0.375. The van der Waals surface area contributed by atoms with E-state index in [0.29, 0.717) is 17.8 Å². The summed E-state index contributed by atoms with van der Waals surface area (Å²) in [6.07, 6.45) is 3.36. The second-order valence-electron chi connectivity index (χ2n) is 8.06. The number of carbonyl (C=O) groups is 1. The highest BCUT2D eigenvalue weighted by Gasteiger charge is 2.29. The summed E-state index contributed by atoms with van der Waals surface area (Å²) < 4.78 is 2.05. The molecule has 0 saturated carbocycles. The van der Waals surface area contributed by atoms with Gasteiger partial charge in [0.1, 0.15) is 0 Å². The summed E-state index contributed by atoms with van der Waals surface area (Å²) in [5.41, 5.74) is 3.20. The summed E-state index contributed by atoms with van der Waals surface area (Å²) in [6, 6.07) is 19.0. The first-order chi connectivity index (χ1) is 14.5. The van der Waals surface area contributed by atoms with Gasteiger partial charge in [-0.3, -0.25) is 9.36 Å². The lowest BCUT2D eigenvalue weighted by Gasteiger charge is -2.39. The number of hydrogen-bond acceptors (Lipinski definition) is 4. The van der Waals surface area contributed by atoms with Crippen molar-refractivity contribution in [3.05, 3.63) is 60.2 Å². The van der Waals surface area contributed by atoms with Crippen LogP contribution in [-0.2, 0) is 4.79 Å². The van der Waals surface area contributed by atoms with E-state index in [4.69, 9.17) is 0 Å². The van der Waals surface area contributed by atoms with Crippen LogP contribution in [0.5, 0.6) is 0 Å². The lowest BCUT2D eigenvalue weighted by molar-refractivity contribution is -0.134. The van der Waals surface area contributed by atoms with Crippen LogP contribution in [0.3, 0.4) is 0 Å². The molecule has 0 aliphatic carbocycles. The molecule has 30 heavy (non-hydrogen) atoms. The number of thioether (sulfide) groups is 1. The van der Waals surface area contributed by atoms with E-state index < -0.39 is 0 Å². The third-order valence-corrected chi connectivity index (χ3v) is 6.68. The van der Waals surface area contributed by atoms with Crippen molar-refractivity contribution in [1.82, 2.24) is 19.7 Å². The molecule has 0 spiro atoms. The van der Waals surface area contributed by atoms with Crippen molar-refractivity contribution < 1.29 is 4.79 Å². The molecule has 3 aromatic rings. The zero-order valence-corrected chi connectivity index (χ0v) is 18.6. The second kappa shape index (κ2) is 9.04. The van der Waals surface area contributed by atoms with Gasteiger partial charge in [-0.05, 0) is 52.2 Å². The fourth-order valence-electron chi connectivity index (χ4n) is 4.18. The van der Waals surface area contributed by atoms with Gasteiger partial charge < -0.3 is 4.90 Å². The van der Waals surface area contributed by atoms with Crippen molar-refractivity contribution in [3.63, 3.8) is 0 Å². The van der Waals surface area contributed by atoms with E-state index >= 15 is 0 Å². The molecule has 1 aliphatic rings. The van der Waals surface area contributed by atoms with Crippen LogP contribution in [0.15, 0.2) is 59.8 Å². The fourth-order valence-corrected chi connectivity index (χ4v) is 5.00. The Morgan fingerprint density at radius 3 is 2.33 bits per heavy atom. The number of benzene rings is 2. The van der Waals surface area contributed by atoms with Gasteiger partial charge in [0, 0.05) is 23.3 Å². The van der Waals surface area contributed by atoms with Crippen LogP contribution in [0.25, 0.3) is 17.1 Å². The van der Waals surface area contributed by atoms with Crippen LogP contribution in [0, 0.1) is 6.92 Å². The number of hydrogen-bond donors (Lipinski definition) is 0. The van der Waals surface area contributed by atoms with E-state index in [9.17, 15) is 4.79 Å². The number of rotatable bonds is 5. The van der Waals surface area contributed by atoms with E-state index in [1.54, 1.807) is 0 Å². The molecule has 1 aromatic heterocycles. The first-order valence-corrected chi connectivity index (χ1v) is 11.5. The Balaban J connectivity index is 1.62. The Morgan fingerprint density at radius 1 is 1.00 bits per heavy atom. The van der Waals surface area contributed by atoms with Crippen molar-refractivity contribution in [2.24, 2.45) is 0 Å². The van der Waals surface area contributed by atoms with Crippen LogP contribution in [0.4, 0.5) is 0 Å². The van der Waals surface area contributed by atoms with E-state index in [2.05, 4.69) is 64.7 Å². The molecule has 0 radical (unpaired) electrons. The van der Waals surface area contributed by atoms with E-state index in [1.807, 2.05) is 30.3 Å². The maximum Gasteiger partial charge on any atom is 0.233 e. The number of amides is 1. The standard InChI is InChI=1S/C24H28N4OS/c1-17-12-14-21(15-13-17)28-23(20-10-5-4-6-11-20)25-26-24(28)30-16-22(29)27-18(2)8-7-9-19(27)3/h4-6,10-15,18-19H,7-9,16H2,1-3H3/t18-,19+. The predicted molar refractivity (Wildman–Crippen MR) is 122 cm³/mol. The Bertz CT molecular complexity index is 990. The molecule has 0 bridgehead atoms. The summed E-state index contributed by atoms with van der Waals surface area (Å²) in [5.74, 6) is 1.33. The monoisotopic (exact) mass is 420 g/mol. The molecule has 2 heterocycles. The van der Waals surface area contributed by atoms with Gasteiger partial charge in [0.15, 0.2) is 11.0 Å². The van der Waals surface area contributed by atoms with Crippen molar-refractivity contribution in [1.29, 1.82) is 0 Å². The van der Waals surface area contributed by atoms with Crippen LogP contribution >= 0.6 is 11.8 Å². The SMILES string of the molecule is Cc1ccc(-n2c(SCC(=O)N3[C@H](C)CCC[C@@H]3C)nnc2-c2ccccc2)cc1. The Labute approximate surface area is 182 Å². The normalized spacial score (nSPS) is 19.1. The number of carbonyl (C=O) groups excluding carboxylic acids is 1. The topological polar surface area (TPSA) is 51.0 Å². The molecule has 156 valence electrons. The smallest absolute Gasteiger partial charge is 0.233 e. The lowest BCUT2D eigenvalue weighted by Crippen LogP contribution is -2.48. The van der Waals surface area contributed by atoms with Gasteiger partial charge in [-0.25, -0.2) is 0 Å². The summed E-state index contributed by atoms with van der Waals surface area (Å²) >= 11 is 1.47. The summed E-state index contributed by atoms with van der Waals surface area (Å²) in [5, 5.41) is 9.66. The minimum absolute atomic E-state index is 0.180. The molecule has 0 unspecified atom stereocenters. The van der Waals surface area contributed by atoms with Crippen molar-refractivity contribution in [3.8, 4) is 17.1 Å². The average molecular weight is 421 g/mol. The first-order valence-electron chi connectivity index (χ1n) is 10.6. The highest BCUT2D eigenvalue weighted by atomic mass is 32.2. The van der Waals surface area contributed by atoms with E-state index in [-0.39, 0.29) is 5.91 Å². The lowest BCUT2D eigenvalue weighted by atomic mass is 9.98. The summed E-state index contributed by atoms with van der Waals surface area (Å²) in [7, 11) is 0. The number of piperidine rings is 1. The van der Waals surface area contributed by atoms with Gasteiger partial charge >= 0.3 is 0 Å². The summed E-state index contributed by atoms with van der Waals surface area (Å²) in [4.78, 5) is 15.1. The predicted octanol–water partition coefficient (Wildman–Crippen LogP) is 5.12. The largest absolute Gasteiger partial charge is 0.337 e. The highest BCUT2D eigenvalue weighted by Crippen LogP contribution is 2.29. The molecule has 1 amide bonds. The zero-order valence-electron chi connectivity index (χ0n) is 17.8. The first kappa shape index (κ1) is 20.7. The second-order valence-corrected chi connectivity index (χ2v) is 9.00. The molecule has 1 fully saturated rings. The third kappa shape index (κ3) is 4.29. The van der Waals surface area contributed by atoms with Gasteiger partial charge in [-0.15, -0.1) is 10.2 Å². The number of aryl methyl sites for hydroxylation is 1. The third-order valence-electron chi connectivity index (χ3n) is 5.76. The Morgan fingerprint density at radius 2 is 1.67 bits per heavy atom. The maximum atomic E-state index is 13.0. The molecule has 6 heteroatoms. The minimum Gasteiger partial charge on any atom is -0.337 e. The van der Waals surface area contributed by atoms with Gasteiger partial charge in [0.05, 0.1) is 5.75 Å². The molecule has 5 nitrogen and oxygen atoms in total. The number of aromatic nitrogens is 3. The molecule has 4 rings (SSSR count). The van der Waals surface area contributed by atoms with E-state index in [1.165, 1.54) is 23.7 Å². The van der Waals surface area contributed by atoms with Crippen LogP contribution in [-0.4, -0.2) is 43.4 Å². The molecular formula is C24H28N4OS. The van der Waals surface area contributed by atoms with Gasteiger partial charge in [-0.2, -0.15) is 0 Å². The highest BCUT2D eigenvalue weighted by molar-refractivity contribution is 7.99. The van der Waals surface area contributed by atoms with Gasteiger partial charge in [-0.1, -0.05) is 59.8 Å². The Hall–Kier alpha value is -2.60. The summed E-state index contributed by atoms with van der Waals surface area (Å²) in [6.45, 7) is 6.38. The van der Waals surface area contributed by atoms with Crippen molar-refractivity contribution >= 4 is 17.7 Å². The quantitative estimate of drug-likeness (QED) is 0.537. The van der Waals surface area contributed by atoms with Crippen LogP contribution < -0.4 is 0 Å². The number of likely N-dealkylation sites (tertiary alicyclic amines) is 1. The van der Waals surface area contributed by atoms with Crippen LogP contribution in [0.2, 0.25) is 0 Å². The zero-order chi connectivity index (χ0) is 21.1. The molecule has 1 aliphatic heterocycles. The van der Waals surface area contributed by atoms with Crippen molar-refractivity contribution in [2.45, 2.75) is 57.3 Å². The minimum atomic E-state index is 0.180. The average Bonchev–Trinajstić information content (AvgIpc) is 3.17. The van der Waals surface area contributed by atoms with Crippen molar-refractivity contribution in [2.75, 3.05) is 5.75 Å². The van der Waals surface area contributed by atoms with Crippen LogP contribution in [0.1, 0.15) is 38.7 Å². The van der Waals surface area contributed by atoms with Gasteiger partial charge in [0.25, 0.3) is 0 Å². The molecule has 0 N–H and O–H groups in total. The number of nitrogens with zero attached hydrogens (tertiary/aromatic N) is 4. The molecule has 2 atom stereocenters. The molecular weight excluding hydrogens is 392 g/mol. The molecule has 2 aromatic carbocycles. The van der Waals surface area contributed by atoms with Gasteiger partial charge in [0.2, 0.25) is 5.91 Å². The molecule has 1 saturated heterocycles.